The van der Waals surface area contributed by atoms with Gasteiger partial charge in [0.2, 0.25) is 17.7 Å². The van der Waals surface area contributed by atoms with Gasteiger partial charge in [-0.15, -0.1) is 0 Å². The first-order valence-electron chi connectivity index (χ1n) is 17.3. The number of ether oxygens (including phenoxy) is 4. The van der Waals surface area contributed by atoms with Gasteiger partial charge < -0.3 is 45.1 Å². The van der Waals surface area contributed by atoms with Gasteiger partial charge in [0, 0.05) is 32.4 Å². The molecule has 6 rings (SSSR count). The molecule has 4 N–H and O–H groups in total. The molecule has 1 saturated heterocycles. The lowest BCUT2D eigenvalue weighted by Crippen LogP contribution is -2.62. The molecule has 2 bridgehead atoms. The van der Waals surface area contributed by atoms with E-state index in [9.17, 15) is 24.0 Å². The Morgan fingerprint density at radius 2 is 1.42 bits per heavy atom. The predicted molar refractivity (Wildman–Crippen MR) is 190 cm³/mol. The van der Waals surface area contributed by atoms with Crippen LogP contribution in [0.1, 0.15) is 32.3 Å². The van der Waals surface area contributed by atoms with Crippen molar-refractivity contribution < 1.29 is 42.9 Å². The molecule has 3 heterocycles. The Balaban J connectivity index is 1.34. The number of carbonyl (C=O) groups excluding carboxylic acids is 5. The molecule has 3 aromatic carbocycles. The number of nitrogens with zero attached hydrogens (tertiary/aromatic N) is 1. The smallest absolute Gasteiger partial charge is 0.264 e. The van der Waals surface area contributed by atoms with Crippen molar-refractivity contribution in [2.45, 2.75) is 56.8 Å². The molecule has 0 radical (unpaired) electrons. The lowest BCUT2D eigenvalue weighted by molar-refractivity contribution is -0.148. The van der Waals surface area contributed by atoms with Gasteiger partial charge >= 0.3 is 0 Å². The van der Waals surface area contributed by atoms with Crippen molar-refractivity contribution in [1.29, 1.82) is 0 Å². The van der Waals surface area contributed by atoms with Crippen LogP contribution in [0.4, 0.5) is 0 Å². The van der Waals surface area contributed by atoms with Crippen LogP contribution < -0.4 is 40.2 Å². The average molecular weight is 716 g/mol. The summed E-state index contributed by atoms with van der Waals surface area (Å²) in [4.78, 5) is 68.6. The number of likely N-dealkylation sites (tertiary alicyclic amines) is 1. The number of methoxy groups -OCH3 is 1. The molecular weight excluding hydrogens is 670 g/mol. The average Bonchev–Trinajstić information content (AvgIpc) is 3.16. The van der Waals surface area contributed by atoms with Crippen LogP contribution >= 0.6 is 0 Å². The zero-order valence-electron chi connectivity index (χ0n) is 29.5. The lowest BCUT2D eigenvalue weighted by Gasteiger charge is -2.41. The van der Waals surface area contributed by atoms with Gasteiger partial charge in [0.05, 0.1) is 13.7 Å². The van der Waals surface area contributed by atoms with Crippen LogP contribution in [0, 0.1) is 0 Å². The summed E-state index contributed by atoms with van der Waals surface area (Å²) in [6.45, 7) is 3.56. The quantitative estimate of drug-likeness (QED) is 0.278. The van der Waals surface area contributed by atoms with Gasteiger partial charge in [-0.25, -0.2) is 0 Å². The zero-order valence-corrected chi connectivity index (χ0v) is 29.5. The third kappa shape index (κ3) is 9.71. The van der Waals surface area contributed by atoms with Crippen molar-refractivity contribution in [1.82, 2.24) is 26.2 Å². The molecule has 5 amide bonds. The molecular formula is C38H45N5O9. The number of rotatable bonds is 6. The summed E-state index contributed by atoms with van der Waals surface area (Å²) >= 11 is 0. The zero-order chi connectivity index (χ0) is 37.1. The highest BCUT2D eigenvalue weighted by Crippen LogP contribution is 2.31. The first-order chi connectivity index (χ1) is 25.1. The van der Waals surface area contributed by atoms with E-state index in [2.05, 4.69) is 21.3 Å². The van der Waals surface area contributed by atoms with E-state index in [0.717, 1.165) is 5.56 Å². The Hall–Kier alpha value is -5.79. The maximum atomic E-state index is 14.1. The molecule has 14 heteroatoms. The summed E-state index contributed by atoms with van der Waals surface area (Å²) in [5.74, 6) is -0.551. The van der Waals surface area contributed by atoms with Crippen molar-refractivity contribution in [2.75, 3.05) is 40.0 Å². The highest BCUT2D eigenvalue weighted by Gasteiger charge is 2.46. The molecule has 3 aliphatic heterocycles. The van der Waals surface area contributed by atoms with E-state index in [4.69, 9.17) is 18.9 Å². The molecule has 3 aliphatic rings. The fourth-order valence-corrected chi connectivity index (χ4v) is 5.92. The Morgan fingerprint density at radius 1 is 0.788 bits per heavy atom. The maximum Gasteiger partial charge on any atom is 0.264 e. The summed E-state index contributed by atoms with van der Waals surface area (Å²) in [7, 11) is 1.52. The topological polar surface area (TPSA) is 174 Å². The minimum Gasteiger partial charge on any atom is -0.493 e. The van der Waals surface area contributed by atoms with E-state index < -0.39 is 47.4 Å². The van der Waals surface area contributed by atoms with Gasteiger partial charge in [0.25, 0.3) is 11.8 Å². The number of benzene rings is 3. The largest absolute Gasteiger partial charge is 0.493 e. The van der Waals surface area contributed by atoms with Gasteiger partial charge in [-0.3, -0.25) is 24.0 Å². The highest BCUT2D eigenvalue weighted by atomic mass is 16.5. The molecule has 3 aromatic rings. The first kappa shape index (κ1) is 37.5. The van der Waals surface area contributed by atoms with E-state index in [1.165, 1.54) is 14.0 Å². The molecule has 14 nitrogen and oxygen atoms in total. The standard InChI is InChI=1S/C38H45N5O9/c1-25-34(45)39-19-22-50-28-13-15-29(16-14-28)52-38(17-20-43(21-18-38)33(44)24-51-32-12-8-7-11-31(32)49-3)37(48)41-26(2)35(46)42-30(36(47)40-25)23-27-9-5-4-6-10-27/h4-16,25-26,30H,17-24H2,1-3H3,(H,39,45)(H,40,47)(H,41,48)(H,42,46)/t25-,26-,30-/m0/s1. The Labute approximate surface area is 302 Å². The van der Waals surface area contributed by atoms with Crippen molar-refractivity contribution in [2.24, 2.45) is 0 Å². The van der Waals surface area contributed by atoms with E-state index in [1.54, 1.807) is 60.4 Å². The number of hydrogen-bond donors (Lipinski definition) is 4. The maximum absolute atomic E-state index is 14.1. The number of amides is 5. The van der Waals surface area contributed by atoms with Crippen LogP contribution in [0.5, 0.6) is 23.0 Å². The fraction of sp³-hybridized carbons (Fsp3) is 0.395. The van der Waals surface area contributed by atoms with Crippen LogP contribution in [0.3, 0.4) is 0 Å². The predicted octanol–water partition coefficient (Wildman–Crippen LogP) is 1.76. The van der Waals surface area contributed by atoms with Gasteiger partial charge in [-0.1, -0.05) is 42.5 Å². The second-order valence-corrected chi connectivity index (χ2v) is 12.7. The third-order valence-electron chi connectivity index (χ3n) is 8.97. The molecule has 0 unspecified atom stereocenters. The molecule has 0 aliphatic carbocycles. The Bertz CT molecular complexity index is 1710. The van der Waals surface area contributed by atoms with Crippen LogP contribution in [-0.4, -0.2) is 98.1 Å². The summed E-state index contributed by atoms with van der Waals surface area (Å²) in [6, 6.07) is 19.8. The number of nitrogens with one attached hydrogen (secondary N) is 4. The monoisotopic (exact) mass is 715 g/mol. The van der Waals surface area contributed by atoms with Gasteiger partial charge in [0.15, 0.2) is 23.7 Å². The summed E-state index contributed by atoms with van der Waals surface area (Å²) in [6.07, 6.45) is 0.402. The molecule has 0 aromatic heterocycles. The number of hydrogen-bond acceptors (Lipinski definition) is 9. The van der Waals surface area contributed by atoms with E-state index in [0.29, 0.717) is 23.0 Å². The molecule has 1 fully saturated rings. The summed E-state index contributed by atoms with van der Waals surface area (Å²) < 4.78 is 23.2. The van der Waals surface area contributed by atoms with E-state index in [1.807, 2.05) is 30.3 Å². The first-order valence-corrected chi connectivity index (χ1v) is 17.3. The van der Waals surface area contributed by atoms with Crippen molar-refractivity contribution in [3.8, 4) is 23.0 Å². The minimum absolute atomic E-state index is 0.127. The number of piperidine rings is 1. The molecule has 276 valence electrons. The SMILES string of the molecule is COc1ccccc1OCC(=O)N1CCC2(CC1)Oc1ccc(cc1)OCCNC(=O)[C@H](C)NC(=O)[C@H](Cc1ccccc1)NC(=O)[C@H](C)NC2=O. The van der Waals surface area contributed by atoms with Crippen LogP contribution in [-0.2, 0) is 30.4 Å². The Kier molecular flexibility index (Phi) is 12.6. The number of para-hydroxylation sites is 2. The van der Waals surface area contributed by atoms with Crippen molar-refractivity contribution in [3.05, 3.63) is 84.4 Å². The summed E-state index contributed by atoms with van der Waals surface area (Å²) in [5.41, 5.74) is -0.644. The number of carbonyl (C=O) groups is 5. The molecule has 1 spiro atoms. The highest BCUT2D eigenvalue weighted by molar-refractivity contribution is 5.95. The third-order valence-corrected chi connectivity index (χ3v) is 8.97. The normalized spacial score (nSPS) is 21.4. The van der Waals surface area contributed by atoms with Crippen LogP contribution in [0.2, 0.25) is 0 Å². The van der Waals surface area contributed by atoms with Gasteiger partial charge in [-0.05, 0) is 55.8 Å². The Morgan fingerprint density at radius 3 is 2.12 bits per heavy atom. The van der Waals surface area contributed by atoms with Crippen molar-refractivity contribution >= 4 is 29.5 Å². The second kappa shape index (κ2) is 17.4. The summed E-state index contributed by atoms with van der Waals surface area (Å²) in [5, 5.41) is 11.0. The van der Waals surface area contributed by atoms with E-state index >= 15 is 0 Å². The second-order valence-electron chi connectivity index (χ2n) is 12.7. The molecule has 52 heavy (non-hydrogen) atoms. The molecule has 0 saturated carbocycles. The van der Waals surface area contributed by atoms with Crippen molar-refractivity contribution in [3.63, 3.8) is 0 Å². The van der Waals surface area contributed by atoms with Gasteiger partial charge in [-0.2, -0.15) is 0 Å². The minimum atomic E-state index is -1.43. The fourth-order valence-electron chi connectivity index (χ4n) is 5.92. The van der Waals surface area contributed by atoms with Gasteiger partial charge in [0.1, 0.15) is 36.2 Å². The van der Waals surface area contributed by atoms with Crippen LogP contribution in [0.15, 0.2) is 78.9 Å². The molecule has 3 atom stereocenters. The van der Waals surface area contributed by atoms with Crippen LogP contribution in [0.25, 0.3) is 0 Å². The lowest BCUT2D eigenvalue weighted by atomic mass is 9.89. The number of fused-ring (bicyclic) bond motifs is 15. The van der Waals surface area contributed by atoms with E-state index in [-0.39, 0.29) is 58.0 Å².